The highest BCUT2D eigenvalue weighted by Crippen LogP contribution is 2.26. The molecule has 0 fully saturated rings. The van der Waals surface area contributed by atoms with E-state index in [1.807, 2.05) is 26.8 Å². The smallest absolute Gasteiger partial charge is 0.291 e. The van der Waals surface area contributed by atoms with E-state index in [-0.39, 0.29) is 41.5 Å². The van der Waals surface area contributed by atoms with Crippen molar-refractivity contribution in [2.24, 2.45) is 17.8 Å². The Morgan fingerprint density at radius 1 is 0.974 bits per heavy atom. The first-order valence-electron chi connectivity index (χ1n) is 14.0. The summed E-state index contributed by atoms with van der Waals surface area (Å²) in [7, 11) is 1.51. The van der Waals surface area contributed by atoms with Crippen LogP contribution in [-0.4, -0.2) is 24.6 Å². The van der Waals surface area contributed by atoms with Crippen LogP contribution in [0.3, 0.4) is 0 Å². The van der Waals surface area contributed by atoms with Crippen LogP contribution in [0.4, 0.5) is 0 Å². The summed E-state index contributed by atoms with van der Waals surface area (Å²) in [5.41, 5.74) is 6.22. The molecule has 1 N–H and O–H groups in total. The second-order valence-electron chi connectivity index (χ2n) is 11.1. The standard InChI is InChI=1S/C34H50O5/c1-12-13-30(20-35)31(36)26(7)18-24(5)16-22(3)14-21(2)15-23(4)17-25(6)19-27(8)33-28(9)32(37)29(10)34(38-11)39-33/h14-16,18-19,24-25,30,35H,12-13,17,20H2,1-11H3/b21-14+,22-16+,23-15+,26-18+,27-19+/t24-,25-,30-/m1/s1. The zero-order chi connectivity index (χ0) is 29.9. The molecule has 0 aliphatic rings. The molecule has 0 amide bonds. The van der Waals surface area contributed by atoms with Crippen LogP contribution in [0.1, 0.15) is 91.5 Å². The van der Waals surface area contributed by atoms with Gasteiger partial charge in [0, 0.05) is 11.5 Å². The summed E-state index contributed by atoms with van der Waals surface area (Å²) in [6.45, 7) is 19.8. The summed E-state index contributed by atoms with van der Waals surface area (Å²) in [4.78, 5) is 25.1. The van der Waals surface area contributed by atoms with E-state index in [0.29, 0.717) is 28.9 Å². The average molecular weight is 539 g/mol. The minimum Gasteiger partial charge on any atom is -0.468 e. The molecule has 1 aromatic rings. The molecular formula is C34H50O5. The molecule has 0 saturated heterocycles. The lowest BCUT2D eigenvalue weighted by atomic mass is 9.92. The Bertz CT molecular complexity index is 1200. The van der Waals surface area contributed by atoms with Crippen molar-refractivity contribution in [3.63, 3.8) is 0 Å². The summed E-state index contributed by atoms with van der Waals surface area (Å²) >= 11 is 0. The highest BCUT2D eigenvalue weighted by atomic mass is 16.6. The van der Waals surface area contributed by atoms with E-state index in [1.54, 1.807) is 13.8 Å². The van der Waals surface area contributed by atoms with Gasteiger partial charge < -0.3 is 14.3 Å². The monoisotopic (exact) mass is 538 g/mol. The lowest BCUT2D eigenvalue weighted by molar-refractivity contribution is -0.120. The zero-order valence-electron chi connectivity index (χ0n) is 26.0. The van der Waals surface area contributed by atoms with Gasteiger partial charge in [0.2, 0.25) is 0 Å². The van der Waals surface area contributed by atoms with E-state index in [2.05, 4.69) is 58.9 Å². The fraction of sp³-hybridized carbons (Fsp3) is 0.529. The van der Waals surface area contributed by atoms with Gasteiger partial charge in [0.05, 0.1) is 19.3 Å². The summed E-state index contributed by atoms with van der Waals surface area (Å²) in [6.07, 6.45) is 13.1. The van der Waals surface area contributed by atoms with Crippen LogP contribution in [-0.2, 0) is 4.79 Å². The maximum atomic E-state index is 12.6. The molecule has 0 spiro atoms. The van der Waals surface area contributed by atoms with Crippen molar-refractivity contribution in [1.82, 2.24) is 0 Å². The van der Waals surface area contributed by atoms with Gasteiger partial charge in [-0.2, -0.15) is 0 Å². The number of allylic oxidation sites excluding steroid dienone is 10. The number of methoxy groups -OCH3 is 1. The van der Waals surface area contributed by atoms with Gasteiger partial charge in [0.25, 0.3) is 5.95 Å². The number of aliphatic hydroxyl groups is 1. The minimum atomic E-state index is -0.304. The van der Waals surface area contributed by atoms with Crippen LogP contribution < -0.4 is 10.2 Å². The molecule has 3 atom stereocenters. The minimum absolute atomic E-state index is 0.0414. The van der Waals surface area contributed by atoms with E-state index in [9.17, 15) is 14.7 Å². The third-order valence-corrected chi connectivity index (χ3v) is 6.83. The Morgan fingerprint density at radius 3 is 2.18 bits per heavy atom. The number of Topliss-reactive ketones (excluding diaryl/α,β-unsaturated/α-hetero) is 1. The van der Waals surface area contributed by atoms with E-state index in [1.165, 1.54) is 12.7 Å². The molecule has 1 rings (SSSR count). The molecule has 0 radical (unpaired) electrons. The molecule has 0 aliphatic carbocycles. The topological polar surface area (TPSA) is 76.7 Å². The van der Waals surface area contributed by atoms with Gasteiger partial charge in [-0.25, -0.2) is 0 Å². The largest absolute Gasteiger partial charge is 0.468 e. The van der Waals surface area contributed by atoms with Gasteiger partial charge in [-0.3, -0.25) is 9.59 Å². The maximum absolute atomic E-state index is 12.6. The Labute approximate surface area is 236 Å². The normalized spacial score (nSPS) is 16.3. The Hall–Kier alpha value is -2.92. The molecule has 1 heterocycles. The van der Waals surface area contributed by atoms with Gasteiger partial charge in [-0.05, 0) is 84.3 Å². The van der Waals surface area contributed by atoms with Crippen molar-refractivity contribution in [3.05, 3.63) is 79.8 Å². The fourth-order valence-electron chi connectivity index (χ4n) is 5.17. The lowest BCUT2D eigenvalue weighted by Crippen LogP contribution is -2.19. The van der Waals surface area contributed by atoms with Crippen LogP contribution in [0.5, 0.6) is 5.95 Å². The Morgan fingerprint density at radius 2 is 1.62 bits per heavy atom. The summed E-state index contributed by atoms with van der Waals surface area (Å²) in [5.74, 6) is 0.940. The van der Waals surface area contributed by atoms with Gasteiger partial charge in [-0.15, -0.1) is 0 Å². The van der Waals surface area contributed by atoms with Gasteiger partial charge in [0.1, 0.15) is 5.76 Å². The molecule has 5 nitrogen and oxygen atoms in total. The number of hydrogen-bond donors (Lipinski definition) is 1. The van der Waals surface area contributed by atoms with E-state index < -0.39 is 0 Å². The summed E-state index contributed by atoms with van der Waals surface area (Å²) < 4.78 is 11.1. The number of carbonyl (C=O) groups is 1. The molecular weight excluding hydrogens is 488 g/mol. The summed E-state index contributed by atoms with van der Waals surface area (Å²) in [5, 5.41) is 9.53. The molecule has 0 aliphatic heterocycles. The van der Waals surface area contributed by atoms with E-state index in [4.69, 9.17) is 9.15 Å². The lowest BCUT2D eigenvalue weighted by Gasteiger charge is -2.13. The van der Waals surface area contributed by atoms with Crippen molar-refractivity contribution in [1.29, 1.82) is 0 Å². The number of ketones is 1. The third-order valence-electron chi connectivity index (χ3n) is 6.83. The molecule has 0 unspecified atom stereocenters. The van der Waals surface area contributed by atoms with Crippen LogP contribution in [0.25, 0.3) is 5.57 Å². The van der Waals surface area contributed by atoms with Gasteiger partial charge in [-0.1, -0.05) is 74.3 Å². The predicted octanol–water partition coefficient (Wildman–Crippen LogP) is 8.09. The maximum Gasteiger partial charge on any atom is 0.291 e. The van der Waals surface area contributed by atoms with Crippen molar-refractivity contribution < 1.29 is 19.1 Å². The number of ether oxygens (including phenoxy) is 1. The number of rotatable bonds is 14. The first-order chi connectivity index (χ1) is 18.2. The van der Waals surface area contributed by atoms with Crippen LogP contribution >= 0.6 is 0 Å². The molecule has 1 aromatic heterocycles. The van der Waals surface area contributed by atoms with Crippen molar-refractivity contribution >= 4 is 11.4 Å². The van der Waals surface area contributed by atoms with Crippen molar-refractivity contribution in [2.75, 3.05) is 13.7 Å². The van der Waals surface area contributed by atoms with Crippen LogP contribution in [0.15, 0.2) is 61.9 Å². The summed E-state index contributed by atoms with van der Waals surface area (Å²) in [6, 6.07) is 0. The molecule has 0 saturated carbocycles. The average Bonchev–Trinajstić information content (AvgIpc) is 2.84. The first-order valence-corrected chi connectivity index (χ1v) is 14.0. The van der Waals surface area contributed by atoms with E-state index >= 15 is 0 Å². The Balaban J connectivity index is 2.96. The number of hydrogen-bond acceptors (Lipinski definition) is 5. The molecule has 39 heavy (non-hydrogen) atoms. The quantitative estimate of drug-likeness (QED) is 0.191. The molecule has 5 heteroatoms. The van der Waals surface area contributed by atoms with Crippen molar-refractivity contribution in [2.45, 2.75) is 88.5 Å². The fourth-order valence-corrected chi connectivity index (χ4v) is 5.17. The van der Waals surface area contributed by atoms with Crippen LogP contribution in [0.2, 0.25) is 0 Å². The van der Waals surface area contributed by atoms with Gasteiger partial charge in [0.15, 0.2) is 11.2 Å². The zero-order valence-corrected chi connectivity index (χ0v) is 26.0. The van der Waals surface area contributed by atoms with Crippen LogP contribution in [0, 0.1) is 31.6 Å². The third kappa shape index (κ3) is 10.6. The molecule has 0 aromatic carbocycles. The SMILES string of the molecule is CCC[C@H](CO)C(=O)/C(C)=C/[C@H](C)/C=C(C)/C=C(C)/C=C(\C)C[C@@H](C)/C=C(\C)c1oc(OC)c(C)c(=O)c1C. The highest BCUT2D eigenvalue weighted by molar-refractivity contribution is 5.96. The number of aliphatic hydroxyl groups excluding tert-OH is 1. The predicted molar refractivity (Wildman–Crippen MR) is 163 cm³/mol. The molecule has 0 bridgehead atoms. The molecule has 216 valence electrons. The first kappa shape index (κ1) is 34.1. The van der Waals surface area contributed by atoms with Crippen molar-refractivity contribution in [3.8, 4) is 5.95 Å². The van der Waals surface area contributed by atoms with Gasteiger partial charge >= 0.3 is 0 Å². The highest BCUT2D eigenvalue weighted by Gasteiger charge is 2.18. The second kappa shape index (κ2) is 16.2. The number of carbonyl (C=O) groups excluding carboxylic acids is 1. The second-order valence-corrected chi connectivity index (χ2v) is 11.1. The Kier molecular flexibility index (Phi) is 14.2. The van der Waals surface area contributed by atoms with E-state index in [0.717, 1.165) is 29.6 Å².